The van der Waals surface area contributed by atoms with E-state index in [1.807, 2.05) is 58.1 Å². The largest absolute Gasteiger partial charge is 0.460 e. The number of hydrogen-bond acceptors (Lipinski definition) is 13. The summed E-state index contributed by atoms with van der Waals surface area (Å²) >= 11 is 0. The van der Waals surface area contributed by atoms with Crippen LogP contribution in [-0.2, 0) is 47.7 Å². The smallest absolute Gasteiger partial charge is 0.329 e. The number of allylic oxidation sites excluding steroid dienone is 6. The first-order valence-corrected chi connectivity index (χ1v) is 23.5. The number of ether oxygens (including phenoxy) is 5. The number of ketones is 3. The van der Waals surface area contributed by atoms with Crippen LogP contribution in [0.3, 0.4) is 0 Å². The molecular formula is C50H77NO13. The van der Waals surface area contributed by atoms with Crippen LogP contribution in [0.2, 0.25) is 0 Å². The predicted octanol–water partition coefficient (Wildman–Crippen LogP) is 5.93. The maximum atomic E-state index is 14.3. The highest BCUT2D eigenvalue weighted by Crippen LogP contribution is 2.37. The Balaban J connectivity index is 1.68. The summed E-state index contributed by atoms with van der Waals surface area (Å²) < 4.78 is 29.2. The van der Waals surface area contributed by atoms with Crippen molar-refractivity contribution in [1.29, 1.82) is 0 Å². The van der Waals surface area contributed by atoms with Gasteiger partial charge in [-0.3, -0.25) is 19.2 Å². The SMILES string of the molecule is CO[C@H]1CC2CC[C@@H](C)[C@@](O)(O2)C(=O)C(=O)N2CCCC[C@H]2C(=O)O[C@H]([C@H](C)C[C@@H]2CC[C@@H](O)[C@H](OC)C2)CC(=O)C/C=C(\C)[C@@H](O)[C@@H](OC)C(=O)[C@H](C)C[C@H](C)/C=C/C=CC=C1C. The summed E-state index contributed by atoms with van der Waals surface area (Å²) in [5.74, 6) is -7.18. The van der Waals surface area contributed by atoms with Gasteiger partial charge in [0.15, 0.2) is 5.78 Å². The second-order valence-corrected chi connectivity index (χ2v) is 19.1. The van der Waals surface area contributed by atoms with Gasteiger partial charge < -0.3 is 43.9 Å². The number of Topliss-reactive ketones (excluding diaryl/α,β-unsaturated/α-hetero) is 3. The fourth-order valence-corrected chi connectivity index (χ4v) is 9.85. The number of fused-ring (bicyclic) bond motifs is 3. The summed E-state index contributed by atoms with van der Waals surface area (Å²) in [6, 6.07) is -1.13. The molecule has 1 unspecified atom stereocenters. The summed E-state index contributed by atoms with van der Waals surface area (Å²) in [6.07, 6.45) is 11.1. The van der Waals surface area contributed by atoms with Crippen molar-refractivity contribution in [2.75, 3.05) is 27.9 Å². The van der Waals surface area contributed by atoms with Gasteiger partial charge >= 0.3 is 5.97 Å². The highest BCUT2D eigenvalue weighted by Gasteiger charge is 2.53. The van der Waals surface area contributed by atoms with Gasteiger partial charge in [0, 0.05) is 59.0 Å². The van der Waals surface area contributed by atoms with Crippen molar-refractivity contribution in [3.63, 3.8) is 0 Å². The lowest BCUT2D eigenvalue weighted by molar-refractivity contribution is -0.265. The van der Waals surface area contributed by atoms with E-state index in [9.17, 15) is 39.3 Å². The molecule has 0 aromatic carbocycles. The normalized spacial score (nSPS) is 38.4. The number of aliphatic hydroxyl groups excluding tert-OH is 2. The standard InChI is InChI=1S/C50H77NO13/c1-30-15-11-10-12-16-31(2)41(60-7)29-38-22-19-35(6)50(59,64-38)47(56)48(57)51-24-14-13-17-39(51)49(58)63-42(33(4)26-36-20-23-40(53)43(27-36)61-8)28-37(52)21-18-32(3)44(54)46(62-9)45(55)34(5)25-30/h10-12,15-16,18,30,33-36,38-44,46,53-54,59H,13-14,17,19-29H2,1-9H3/b12-10?,15-11+,31-16?,32-18+/t30-,33-,34-,35-,36+,38?,39+,40-,41+,42+,43-,44-,46-,50-/m1/s1. The molecule has 0 aromatic rings. The number of piperidine rings is 1. The Morgan fingerprint density at radius 3 is 2.28 bits per heavy atom. The molecule has 3 heterocycles. The third-order valence-corrected chi connectivity index (χ3v) is 14.1. The van der Waals surface area contributed by atoms with Gasteiger partial charge in [0.25, 0.3) is 11.7 Å². The highest BCUT2D eigenvalue weighted by molar-refractivity contribution is 6.39. The zero-order chi connectivity index (χ0) is 47.3. The Labute approximate surface area is 380 Å². The molecule has 360 valence electrons. The van der Waals surface area contributed by atoms with E-state index in [2.05, 4.69) is 0 Å². The number of cyclic esters (lactones) is 1. The van der Waals surface area contributed by atoms with Gasteiger partial charge in [-0.1, -0.05) is 64.2 Å². The van der Waals surface area contributed by atoms with Crippen LogP contribution in [0.5, 0.6) is 0 Å². The molecule has 0 radical (unpaired) electrons. The van der Waals surface area contributed by atoms with E-state index in [1.165, 1.54) is 12.0 Å². The number of rotatable bonds is 6. The molecule has 0 spiro atoms. The first-order chi connectivity index (χ1) is 30.3. The van der Waals surface area contributed by atoms with Crippen LogP contribution in [-0.4, -0.2) is 132 Å². The van der Waals surface area contributed by atoms with E-state index < -0.39 is 77.9 Å². The lowest BCUT2D eigenvalue weighted by Crippen LogP contribution is -2.61. The van der Waals surface area contributed by atoms with Gasteiger partial charge in [0.1, 0.15) is 30.1 Å². The lowest BCUT2D eigenvalue weighted by atomic mass is 9.78. The first kappa shape index (κ1) is 53.2. The Kier molecular flexibility index (Phi) is 20.8. The molecule has 14 nitrogen and oxygen atoms in total. The molecule has 64 heavy (non-hydrogen) atoms. The number of aliphatic hydroxyl groups is 3. The van der Waals surface area contributed by atoms with Crippen LogP contribution >= 0.6 is 0 Å². The van der Waals surface area contributed by atoms with Gasteiger partial charge in [0.2, 0.25) is 5.79 Å². The average molecular weight is 900 g/mol. The molecule has 1 aliphatic carbocycles. The van der Waals surface area contributed by atoms with Gasteiger partial charge in [0.05, 0.1) is 24.4 Å². The van der Waals surface area contributed by atoms with Crippen LogP contribution in [0.15, 0.2) is 47.6 Å². The van der Waals surface area contributed by atoms with Crippen LogP contribution in [0.25, 0.3) is 0 Å². The topological polar surface area (TPSA) is 195 Å². The van der Waals surface area contributed by atoms with Crippen molar-refractivity contribution in [1.82, 2.24) is 4.90 Å². The maximum absolute atomic E-state index is 14.3. The van der Waals surface area contributed by atoms with Crippen LogP contribution in [0.4, 0.5) is 0 Å². The third-order valence-electron chi connectivity index (χ3n) is 14.1. The van der Waals surface area contributed by atoms with Crippen molar-refractivity contribution in [3.05, 3.63) is 47.6 Å². The Morgan fingerprint density at radius 1 is 0.859 bits per heavy atom. The summed E-state index contributed by atoms with van der Waals surface area (Å²) in [5.41, 5.74) is 1.27. The Morgan fingerprint density at radius 2 is 1.59 bits per heavy atom. The molecule has 3 N–H and O–H groups in total. The number of amides is 1. The zero-order valence-corrected chi connectivity index (χ0v) is 39.7. The van der Waals surface area contributed by atoms with E-state index in [0.29, 0.717) is 63.4 Å². The molecule has 3 aliphatic heterocycles. The van der Waals surface area contributed by atoms with Crippen molar-refractivity contribution in [2.45, 2.75) is 180 Å². The average Bonchev–Trinajstić information content (AvgIpc) is 3.27. The van der Waals surface area contributed by atoms with Gasteiger partial charge in [-0.25, -0.2) is 4.79 Å². The number of nitrogens with zero attached hydrogens (tertiary/aromatic N) is 1. The minimum absolute atomic E-state index is 0.0239. The van der Waals surface area contributed by atoms with Crippen molar-refractivity contribution in [3.8, 4) is 0 Å². The monoisotopic (exact) mass is 900 g/mol. The van der Waals surface area contributed by atoms with E-state index in [4.69, 9.17) is 23.7 Å². The number of methoxy groups -OCH3 is 3. The molecule has 4 aliphatic rings. The fourth-order valence-electron chi connectivity index (χ4n) is 9.85. The molecule has 1 saturated carbocycles. The molecule has 1 amide bonds. The third kappa shape index (κ3) is 14.1. The highest BCUT2D eigenvalue weighted by atomic mass is 16.6. The maximum Gasteiger partial charge on any atom is 0.329 e. The predicted molar refractivity (Wildman–Crippen MR) is 241 cm³/mol. The summed E-state index contributed by atoms with van der Waals surface area (Å²) in [5, 5.41) is 33.7. The van der Waals surface area contributed by atoms with Gasteiger partial charge in [-0.2, -0.15) is 0 Å². The summed E-state index contributed by atoms with van der Waals surface area (Å²) in [4.78, 5) is 71.2. The number of hydrogen-bond donors (Lipinski definition) is 3. The Bertz CT molecular complexity index is 1720. The molecular weight excluding hydrogens is 823 g/mol. The number of carbonyl (C=O) groups is 5. The van der Waals surface area contributed by atoms with E-state index >= 15 is 0 Å². The summed E-state index contributed by atoms with van der Waals surface area (Å²) in [6.45, 7) is 11.0. The van der Waals surface area contributed by atoms with Gasteiger partial charge in [-0.15, -0.1) is 0 Å². The van der Waals surface area contributed by atoms with Crippen molar-refractivity contribution in [2.24, 2.45) is 29.6 Å². The van der Waals surface area contributed by atoms with E-state index in [-0.39, 0.29) is 61.2 Å². The summed E-state index contributed by atoms with van der Waals surface area (Å²) in [7, 11) is 4.51. The lowest BCUT2D eigenvalue weighted by Gasteiger charge is -2.42. The minimum atomic E-state index is -2.42. The fraction of sp³-hybridized carbons (Fsp3) is 0.740. The van der Waals surface area contributed by atoms with E-state index in [1.54, 1.807) is 34.1 Å². The number of carbonyl (C=O) groups excluding carboxylic acids is 5. The zero-order valence-electron chi connectivity index (χ0n) is 39.7. The Hall–Kier alpha value is -3.37. The quantitative estimate of drug-likeness (QED) is 0.161. The number of esters is 1. The van der Waals surface area contributed by atoms with Crippen molar-refractivity contribution >= 4 is 29.2 Å². The van der Waals surface area contributed by atoms with E-state index in [0.717, 1.165) is 12.0 Å². The van der Waals surface area contributed by atoms with Crippen LogP contribution in [0, 0.1) is 29.6 Å². The molecule has 3 fully saturated rings. The second-order valence-electron chi connectivity index (χ2n) is 19.1. The minimum Gasteiger partial charge on any atom is -0.460 e. The molecule has 14 atom stereocenters. The van der Waals surface area contributed by atoms with Crippen LogP contribution in [0.1, 0.15) is 125 Å². The second kappa shape index (κ2) is 25.0. The molecule has 2 bridgehead atoms. The van der Waals surface area contributed by atoms with Crippen molar-refractivity contribution < 1.29 is 63.0 Å². The first-order valence-electron chi connectivity index (χ1n) is 23.5. The molecule has 0 aromatic heterocycles. The molecule has 2 saturated heterocycles. The van der Waals surface area contributed by atoms with Crippen LogP contribution < -0.4 is 0 Å². The van der Waals surface area contributed by atoms with Gasteiger partial charge in [-0.05, 0) is 107 Å². The molecule has 4 rings (SSSR count). The molecule has 14 heteroatoms.